The SMILES string of the molecule is CCC1CCCCN1C(=O)CN1CCCC(C(C)N)C1.Cl. The molecule has 21 heavy (non-hydrogen) atoms. The first kappa shape index (κ1) is 18.7. The minimum Gasteiger partial charge on any atom is -0.339 e. The predicted octanol–water partition coefficient (Wildman–Crippen LogP) is 2.26. The number of hydrogen-bond donors (Lipinski definition) is 1. The van der Waals surface area contributed by atoms with E-state index in [1.165, 1.54) is 32.1 Å². The van der Waals surface area contributed by atoms with Crippen molar-refractivity contribution in [2.75, 3.05) is 26.2 Å². The van der Waals surface area contributed by atoms with Crippen molar-refractivity contribution in [2.45, 2.75) is 64.5 Å². The van der Waals surface area contributed by atoms with E-state index >= 15 is 0 Å². The van der Waals surface area contributed by atoms with Gasteiger partial charge in [0.1, 0.15) is 0 Å². The van der Waals surface area contributed by atoms with Crippen molar-refractivity contribution in [3.63, 3.8) is 0 Å². The lowest BCUT2D eigenvalue weighted by Gasteiger charge is -2.39. The normalized spacial score (nSPS) is 28.8. The molecular weight excluding hydrogens is 286 g/mol. The standard InChI is InChI=1S/C16H31N3O.ClH/c1-3-15-8-4-5-10-19(15)16(20)12-18-9-6-7-14(11-18)13(2)17;/h13-15H,3-12,17H2,1-2H3;1H. The van der Waals surface area contributed by atoms with Crippen LogP contribution in [0, 0.1) is 5.92 Å². The zero-order chi connectivity index (χ0) is 14.5. The van der Waals surface area contributed by atoms with Gasteiger partial charge in [0.25, 0.3) is 0 Å². The molecule has 2 saturated heterocycles. The summed E-state index contributed by atoms with van der Waals surface area (Å²) in [6.07, 6.45) is 7.11. The van der Waals surface area contributed by atoms with Gasteiger partial charge in [-0.3, -0.25) is 9.69 Å². The molecule has 5 heteroatoms. The van der Waals surface area contributed by atoms with Crippen LogP contribution in [0.25, 0.3) is 0 Å². The third-order valence-corrected chi connectivity index (χ3v) is 5.06. The van der Waals surface area contributed by atoms with E-state index in [1.807, 2.05) is 0 Å². The zero-order valence-corrected chi connectivity index (χ0v) is 14.4. The first-order valence-corrected chi connectivity index (χ1v) is 8.39. The maximum atomic E-state index is 12.6. The molecule has 3 unspecified atom stereocenters. The first-order valence-electron chi connectivity index (χ1n) is 8.39. The number of carbonyl (C=O) groups is 1. The van der Waals surface area contributed by atoms with E-state index in [9.17, 15) is 4.79 Å². The highest BCUT2D eigenvalue weighted by atomic mass is 35.5. The molecule has 2 aliphatic rings. The minimum atomic E-state index is 0. The molecule has 0 saturated carbocycles. The first-order chi connectivity index (χ1) is 9.61. The van der Waals surface area contributed by atoms with Gasteiger partial charge >= 0.3 is 0 Å². The average Bonchev–Trinajstić information content (AvgIpc) is 2.47. The van der Waals surface area contributed by atoms with Crippen LogP contribution in [0.5, 0.6) is 0 Å². The molecule has 4 nitrogen and oxygen atoms in total. The van der Waals surface area contributed by atoms with Crippen molar-refractivity contribution >= 4 is 18.3 Å². The second-order valence-electron chi connectivity index (χ2n) is 6.64. The summed E-state index contributed by atoms with van der Waals surface area (Å²) < 4.78 is 0. The quantitative estimate of drug-likeness (QED) is 0.865. The highest BCUT2D eigenvalue weighted by molar-refractivity contribution is 5.85. The van der Waals surface area contributed by atoms with Crippen LogP contribution in [0.1, 0.15) is 52.4 Å². The van der Waals surface area contributed by atoms with Crippen LogP contribution in [-0.2, 0) is 4.79 Å². The highest BCUT2D eigenvalue weighted by Gasteiger charge is 2.29. The fraction of sp³-hybridized carbons (Fsp3) is 0.938. The maximum Gasteiger partial charge on any atom is 0.236 e. The van der Waals surface area contributed by atoms with Crippen LogP contribution in [0.15, 0.2) is 0 Å². The summed E-state index contributed by atoms with van der Waals surface area (Å²) in [6.45, 7) is 7.90. The largest absolute Gasteiger partial charge is 0.339 e. The summed E-state index contributed by atoms with van der Waals surface area (Å²) in [4.78, 5) is 17.0. The summed E-state index contributed by atoms with van der Waals surface area (Å²) in [5.74, 6) is 0.891. The molecular formula is C16H32ClN3O. The minimum absolute atomic E-state index is 0. The van der Waals surface area contributed by atoms with E-state index in [1.54, 1.807) is 0 Å². The van der Waals surface area contributed by atoms with E-state index < -0.39 is 0 Å². The lowest BCUT2D eigenvalue weighted by molar-refractivity contribution is -0.136. The number of hydrogen-bond acceptors (Lipinski definition) is 3. The number of carbonyl (C=O) groups excluding carboxylic acids is 1. The molecule has 124 valence electrons. The number of piperidine rings is 2. The molecule has 2 N–H and O–H groups in total. The van der Waals surface area contributed by atoms with Gasteiger partial charge in [0.2, 0.25) is 5.91 Å². The van der Waals surface area contributed by atoms with Crippen LogP contribution in [0.3, 0.4) is 0 Å². The molecule has 2 rings (SSSR count). The molecule has 2 fully saturated rings. The van der Waals surface area contributed by atoms with Crippen molar-refractivity contribution in [3.8, 4) is 0 Å². The van der Waals surface area contributed by atoms with Gasteiger partial charge in [-0.05, 0) is 57.9 Å². The Morgan fingerprint density at radius 3 is 2.67 bits per heavy atom. The van der Waals surface area contributed by atoms with Gasteiger partial charge in [-0.2, -0.15) is 0 Å². The van der Waals surface area contributed by atoms with Crippen molar-refractivity contribution in [3.05, 3.63) is 0 Å². The molecule has 0 bridgehead atoms. The van der Waals surface area contributed by atoms with Crippen LogP contribution in [0.4, 0.5) is 0 Å². The van der Waals surface area contributed by atoms with Crippen molar-refractivity contribution in [1.29, 1.82) is 0 Å². The Morgan fingerprint density at radius 1 is 1.24 bits per heavy atom. The van der Waals surface area contributed by atoms with Crippen LogP contribution in [0.2, 0.25) is 0 Å². The molecule has 2 aliphatic heterocycles. The maximum absolute atomic E-state index is 12.6. The summed E-state index contributed by atoms with van der Waals surface area (Å²) in [6, 6.07) is 0.719. The van der Waals surface area contributed by atoms with Crippen molar-refractivity contribution in [1.82, 2.24) is 9.80 Å². The number of likely N-dealkylation sites (tertiary alicyclic amines) is 2. The Bertz CT molecular complexity index is 325. The Morgan fingerprint density at radius 2 is 2.00 bits per heavy atom. The molecule has 0 aromatic carbocycles. The zero-order valence-electron chi connectivity index (χ0n) is 13.6. The second kappa shape index (κ2) is 8.96. The average molecular weight is 318 g/mol. The van der Waals surface area contributed by atoms with Gasteiger partial charge in [-0.15, -0.1) is 12.4 Å². The molecule has 1 amide bonds. The fourth-order valence-corrected chi connectivity index (χ4v) is 3.70. The van der Waals surface area contributed by atoms with Crippen molar-refractivity contribution < 1.29 is 4.79 Å². The van der Waals surface area contributed by atoms with Gasteiger partial charge in [-0.25, -0.2) is 0 Å². The molecule has 2 heterocycles. The number of nitrogens with two attached hydrogens (primary N) is 1. The van der Waals surface area contributed by atoms with Crippen LogP contribution >= 0.6 is 12.4 Å². The molecule has 0 aliphatic carbocycles. The molecule has 0 radical (unpaired) electrons. The molecule has 0 spiro atoms. The lowest BCUT2D eigenvalue weighted by atomic mass is 9.92. The summed E-state index contributed by atoms with van der Waals surface area (Å²) in [7, 11) is 0. The van der Waals surface area contributed by atoms with Gasteiger partial charge < -0.3 is 10.6 Å². The summed E-state index contributed by atoms with van der Waals surface area (Å²) in [5.41, 5.74) is 6.02. The van der Waals surface area contributed by atoms with E-state index in [2.05, 4.69) is 23.6 Å². The fourth-order valence-electron chi connectivity index (χ4n) is 3.70. The molecule has 0 aromatic rings. The smallest absolute Gasteiger partial charge is 0.236 e. The number of amides is 1. The van der Waals surface area contributed by atoms with Gasteiger partial charge in [-0.1, -0.05) is 6.92 Å². The topological polar surface area (TPSA) is 49.6 Å². The third kappa shape index (κ3) is 5.11. The van der Waals surface area contributed by atoms with Gasteiger partial charge in [0.15, 0.2) is 0 Å². The number of nitrogens with zero attached hydrogens (tertiary/aromatic N) is 2. The number of halogens is 1. The molecule has 3 atom stereocenters. The Labute approximate surface area is 135 Å². The highest BCUT2D eigenvalue weighted by Crippen LogP contribution is 2.22. The third-order valence-electron chi connectivity index (χ3n) is 5.06. The van der Waals surface area contributed by atoms with Crippen molar-refractivity contribution in [2.24, 2.45) is 11.7 Å². The van der Waals surface area contributed by atoms with E-state index in [4.69, 9.17) is 5.73 Å². The Kier molecular flexibility index (Phi) is 7.99. The summed E-state index contributed by atoms with van der Waals surface area (Å²) in [5, 5.41) is 0. The monoisotopic (exact) mass is 317 g/mol. The number of rotatable bonds is 4. The van der Waals surface area contributed by atoms with Crippen LogP contribution < -0.4 is 5.73 Å². The van der Waals surface area contributed by atoms with Crippen LogP contribution in [-0.4, -0.2) is 54.0 Å². The molecule has 0 aromatic heterocycles. The summed E-state index contributed by atoms with van der Waals surface area (Å²) >= 11 is 0. The van der Waals surface area contributed by atoms with E-state index in [-0.39, 0.29) is 18.4 Å². The lowest BCUT2D eigenvalue weighted by Crippen LogP contribution is -2.50. The van der Waals surface area contributed by atoms with E-state index in [0.717, 1.165) is 26.1 Å². The second-order valence-corrected chi connectivity index (χ2v) is 6.64. The predicted molar refractivity (Wildman–Crippen MR) is 89.7 cm³/mol. The van der Waals surface area contributed by atoms with Gasteiger partial charge in [0.05, 0.1) is 6.54 Å². The van der Waals surface area contributed by atoms with Gasteiger partial charge in [0, 0.05) is 25.2 Å². The Hall–Kier alpha value is -0.320. The Balaban J connectivity index is 0.00000220. The van der Waals surface area contributed by atoms with E-state index in [0.29, 0.717) is 24.4 Å².